The molecule has 0 aliphatic carbocycles. The Balaban J connectivity index is 1.87. The molecule has 3 rings (SSSR count). The van der Waals surface area contributed by atoms with E-state index < -0.39 is 0 Å². The van der Waals surface area contributed by atoms with Crippen molar-refractivity contribution in [3.8, 4) is 6.07 Å². The number of benzene rings is 2. The summed E-state index contributed by atoms with van der Waals surface area (Å²) in [5, 5.41) is 11.9. The molecule has 1 aliphatic heterocycles. The van der Waals surface area contributed by atoms with Gasteiger partial charge in [0, 0.05) is 17.5 Å². The van der Waals surface area contributed by atoms with E-state index in [4.69, 9.17) is 5.26 Å². The Morgan fingerprint density at radius 3 is 2.67 bits per heavy atom. The molecule has 4 heteroatoms. The van der Waals surface area contributed by atoms with Crippen LogP contribution in [0.4, 0.5) is 0 Å². The molecule has 0 fully saturated rings. The monoisotopic (exact) mass is 276 g/mol. The molecular formula is C17H12N2O2. The van der Waals surface area contributed by atoms with E-state index in [1.54, 1.807) is 36.4 Å². The van der Waals surface area contributed by atoms with Crippen molar-refractivity contribution in [2.45, 2.75) is 12.5 Å². The lowest BCUT2D eigenvalue weighted by atomic mass is 9.96. The first-order chi connectivity index (χ1) is 10.2. The summed E-state index contributed by atoms with van der Waals surface area (Å²) in [4.78, 5) is 24.2. The smallest absolute Gasteiger partial charge is 0.252 e. The summed E-state index contributed by atoms with van der Waals surface area (Å²) in [5.41, 5.74) is 2.22. The number of Topliss-reactive ketones (excluding diaryl/α,β-unsaturated/α-hetero) is 1. The summed E-state index contributed by atoms with van der Waals surface area (Å²) in [6.07, 6.45) is 0.154. The Labute approximate surface area is 122 Å². The molecule has 1 atom stereocenters. The maximum atomic E-state index is 12.4. The minimum absolute atomic E-state index is 0.144. The molecule has 2 aromatic rings. The van der Waals surface area contributed by atoms with Crippen molar-refractivity contribution in [3.05, 3.63) is 70.8 Å². The van der Waals surface area contributed by atoms with Crippen LogP contribution in [0, 0.1) is 11.3 Å². The lowest BCUT2D eigenvalue weighted by Crippen LogP contribution is -2.21. The molecule has 1 amide bonds. The van der Waals surface area contributed by atoms with E-state index in [9.17, 15) is 9.59 Å². The zero-order valence-corrected chi connectivity index (χ0v) is 11.2. The zero-order chi connectivity index (χ0) is 14.8. The standard InChI is InChI=1S/C17H12N2O2/c18-10-11-5-1-2-6-12(11)16(20)9-15-13-7-3-4-8-14(13)17(21)19-15/h1-8,15H,9H2,(H,19,21). The Hall–Kier alpha value is -2.93. The van der Waals surface area contributed by atoms with Gasteiger partial charge in [0.15, 0.2) is 5.78 Å². The number of hydrogen-bond acceptors (Lipinski definition) is 3. The molecule has 0 saturated heterocycles. The van der Waals surface area contributed by atoms with Gasteiger partial charge in [-0.1, -0.05) is 36.4 Å². The fraction of sp³-hybridized carbons (Fsp3) is 0.118. The Kier molecular flexibility index (Phi) is 3.25. The first-order valence-electron chi connectivity index (χ1n) is 6.63. The number of carbonyl (C=O) groups is 2. The van der Waals surface area contributed by atoms with Crippen LogP contribution >= 0.6 is 0 Å². The second kappa shape index (κ2) is 5.22. The minimum Gasteiger partial charge on any atom is -0.345 e. The van der Waals surface area contributed by atoms with Crippen molar-refractivity contribution in [3.63, 3.8) is 0 Å². The van der Waals surface area contributed by atoms with E-state index in [0.29, 0.717) is 16.7 Å². The molecule has 0 spiro atoms. The minimum atomic E-state index is -0.326. The molecule has 21 heavy (non-hydrogen) atoms. The number of fused-ring (bicyclic) bond motifs is 1. The number of amides is 1. The van der Waals surface area contributed by atoms with Crippen LogP contribution in [0.25, 0.3) is 0 Å². The van der Waals surface area contributed by atoms with Crippen LogP contribution < -0.4 is 5.32 Å². The van der Waals surface area contributed by atoms with Gasteiger partial charge in [-0.2, -0.15) is 5.26 Å². The van der Waals surface area contributed by atoms with Crippen LogP contribution in [-0.2, 0) is 0 Å². The molecular weight excluding hydrogens is 264 g/mol. The molecule has 0 aromatic heterocycles. The first-order valence-corrected chi connectivity index (χ1v) is 6.63. The predicted molar refractivity (Wildman–Crippen MR) is 76.8 cm³/mol. The number of hydrogen-bond donors (Lipinski definition) is 1. The van der Waals surface area contributed by atoms with Crippen LogP contribution in [0.2, 0.25) is 0 Å². The van der Waals surface area contributed by atoms with Crippen LogP contribution in [0.3, 0.4) is 0 Å². The summed E-state index contributed by atoms with van der Waals surface area (Å²) in [5.74, 6) is -0.300. The quantitative estimate of drug-likeness (QED) is 0.876. The van der Waals surface area contributed by atoms with Gasteiger partial charge in [0.05, 0.1) is 17.7 Å². The molecule has 0 bridgehead atoms. The maximum Gasteiger partial charge on any atom is 0.252 e. The fourth-order valence-electron chi connectivity index (χ4n) is 2.60. The van der Waals surface area contributed by atoms with Gasteiger partial charge in [-0.05, 0) is 17.7 Å². The summed E-state index contributed by atoms with van der Waals surface area (Å²) in [7, 11) is 0. The molecule has 0 radical (unpaired) electrons. The number of nitriles is 1. The molecule has 102 valence electrons. The molecule has 2 aromatic carbocycles. The lowest BCUT2D eigenvalue weighted by molar-refractivity contribution is 0.0933. The molecule has 1 aliphatic rings. The van der Waals surface area contributed by atoms with Gasteiger partial charge in [-0.25, -0.2) is 0 Å². The van der Waals surface area contributed by atoms with Gasteiger partial charge in [-0.3, -0.25) is 9.59 Å². The van der Waals surface area contributed by atoms with Gasteiger partial charge in [0.25, 0.3) is 5.91 Å². The van der Waals surface area contributed by atoms with Crippen molar-refractivity contribution in [1.82, 2.24) is 5.32 Å². The number of nitrogens with zero attached hydrogens (tertiary/aromatic N) is 1. The summed E-state index contributed by atoms with van der Waals surface area (Å²) < 4.78 is 0. The van der Waals surface area contributed by atoms with Crippen molar-refractivity contribution >= 4 is 11.7 Å². The van der Waals surface area contributed by atoms with E-state index in [0.717, 1.165) is 5.56 Å². The Morgan fingerprint density at radius 1 is 1.14 bits per heavy atom. The van der Waals surface area contributed by atoms with Gasteiger partial charge in [-0.15, -0.1) is 0 Å². The average Bonchev–Trinajstić information content (AvgIpc) is 2.84. The van der Waals surface area contributed by atoms with E-state index in [1.807, 2.05) is 18.2 Å². The van der Waals surface area contributed by atoms with Crippen LogP contribution in [0.1, 0.15) is 44.3 Å². The largest absolute Gasteiger partial charge is 0.345 e. The van der Waals surface area contributed by atoms with E-state index in [-0.39, 0.29) is 24.2 Å². The van der Waals surface area contributed by atoms with Gasteiger partial charge < -0.3 is 5.32 Å². The van der Waals surface area contributed by atoms with Crippen LogP contribution in [0.5, 0.6) is 0 Å². The van der Waals surface area contributed by atoms with E-state index >= 15 is 0 Å². The highest BCUT2D eigenvalue weighted by Gasteiger charge is 2.30. The summed E-state index contributed by atoms with van der Waals surface area (Å²) in [6.45, 7) is 0. The number of ketones is 1. The molecule has 0 saturated carbocycles. The third-order valence-electron chi connectivity index (χ3n) is 3.62. The summed E-state index contributed by atoms with van der Waals surface area (Å²) >= 11 is 0. The lowest BCUT2D eigenvalue weighted by Gasteiger charge is -2.11. The SMILES string of the molecule is N#Cc1ccccc1C(=O)CC1NC(=O)c2ccccc21. The van der Waals surface area contributed by atoms with Crippen LogP contribution in [-0.4, -0.2) is 11.7 Å². The number of rotatable bonds is 3. The van der Waals surface area contributed by atoms with Crippen molar-refractivity contribution < 1.29 is 9.59 Å². The van der Waals surface area contributed by atoms with Gasteiger partial charge in [0.2, 0.25) is 0 Å². The Bertz CT molecular complexity index is 774. The highest BCUT2D eigenvalue weighted by atomic mass is 16.2. The first kappa shape index (κ1) is 13.1. The van der Waals surface area contributed by atoms with E-state index in [1.165, 1.54) is 0 Å². The second-order valence-corrected chi connectivity index (χ2v) is 4.90. The second-order valence-electron chi connectivity index (χ2n) is 4.90. The van der Waals surface area contributed by atoms with Crippen LogP contribution in [0.15, 0.2) is 48.5 Å². The Morgan fingerprint density at radius 2 is 1.86 bits per heavy atom. The highest BCUT2D eigenvalue weighted by Crippen LogP contribution is 2.28. The third-order valence-corrected chi connectivity index (χ3v) is 3.62. The molecule has 1 N–H and O–H groups in total. The third kappa shape index (κ3) is 2.30. The van der Waals surface area contributed by atoms with Crippen molar-refractivity contribution in [1.29, 1.82) is 5.26 Å². The fourth-order valence-corrected chi connectivity index (χ4v) is 2.60. The number of carbonyl (C=O) groups excluding carboxylic acids is 2. The topological polar surface area (TPSA) is 70.0 Å². The maximum absolute atomic E-state index is 12.4. The number of nitrogens with one attached hydrogen (secondary N) is 1. The van der Waals surface area contributed by atoms with E-state index in [2.05, 4.69) is 5.32 Å². The molecule has 1 heterocycles. The van der Waals surface area contributed by atoms with Gasteiger partial charge >= 0.3 is 0 Å². The highest BCUT2D eigenvalue weighted by molar-refractivity contribution is 6.02. The van der Waals surface area contributed by atoms with Gasteiger partial charge in [0.1, 0.15) is 0 Å². The predicted octanol–water partition coefficient (Wildman–Crippen LogP) is 2.62. The van der Waals surface area contributed by atoms with Crippen molar-refractivity contribution in [2.24, 2.45) is 0 Å². The zero-order valence-electron chi connectivity index (χ0n) is 11.2. The normalized spacial score (nSPS) is 16.0. The average molecular weight is 276 g/mol. The molecule has 4 nitrogen and oxygen atoms in total. The molecule has 1 unspecified atom stereocenters. The summed E-state index contributed by atoms with van der Waals surface area (Å²) in [6, 6.07) is 15.7. The van der Waals surface area contributed by atoms with Crippen molar-refractivity contribution in [2.75, 3.05) is 0 Å².